The van der Waals surface area contributed by atoms with Crippen LogP contribution in [0.25, 0.3) is 0 Å². The smallest absolute Gasteiger partial charge is 0.302 e. The lowest BCUT2D eigenvalue weighted by molar-refractivity contribution is -0.228. The van der Waals surface area contributed by atoms with Gasteiger partial charge in [-0.3, -0.25) is 0 Å². The lowest BCUT2D eigenvalue weighted by Gasteiger charge is -2.04. The van der Waals surface area contributed by atoms with Crippen molar-refractivity contribution in [2.75, 3.05) is 0 Å². The second kappa shape index (κ2) is 1.94. The zero-order valence-corrected chi connectivity index (χ0v) is 5.22. The molecule has 8 heteroatoms. The third-order valence-corrected chi connectivity index (χ3v) is 1.65. The largest absolute Gasteiger partial charge is 0.480 e. The van der Waals surface area contributed by atoms with Crippen LogP contribution in [0.5, 0.6) is 0 Å². The summed E-state index contributed by atoms with van der Waals surface area (Å²) in [5, 5.41) is 0. The number of alkyl halides is 3. The maximum absolute atomic E-state index is 11.8. The lowest BCUT2D eigenvalue weighted by atomic mass is 10.6. The van der Waals surface area contributed by atoms with E-state index in [0.29, 0.717) is 0 Å². The Morgan fingerprint density at radius 2 is 2.10 bits per heavy atom. The zero-order chi connectivity index (χ0) is 7.99. The van der Waals surface area contributed by atoms with Gasteiger partial charge in [0.1, 0.15) is 0 Å². The molecule has 0 saturated carbocycles. The quantitative estimate of drug-likeness (QED) is 0.562. The van der Waals surface area contributed by atoms with Gasteiger partial charge in [-0.15, -0.1) is 0 Å². The number of rotatable bonds is 0. The van der Waals surface area contributed by atoms with E-state index in [-0.39, 0.29) is 0 Å². The van der Waals surface area contributed by atoms with E-state index in [1.807, 2.05) is 0 Å². The molecule has 1 fully saturated rings. The Labute approximate surface area is 53.2 Å². The second-order valence-electron chi connectivity index (χ2n) is 1.54. The maximum atomic E-state index is 11.8. The van der Waals surface area contributed by atoms with Crippen LogP contribution >= 0.6 is 7.82 Å². The van der Waals surface area contributed by atoms with Gasteiger partial charge in [0, 0.05) is 0 Å². The van der Waals surface area contributed by atoms with Crippen molar-refractivity contribution in [3.63, 3.8) is 0 Å². The molecule has 1 heterocycles. The van der Waals surface area contributed by atoms with E-state index in [0.717, 1.165) is 0 Å². The molecule has 0 aromatic rings. The van der Waals surface area contributed by atoms with Gasteiger partial charge in [0.05, 0.1) is 0 Å². The molecule has 2 unspecified atom stereocenters. The molecule has 0 aliphatic carbocycles. The summed E-state index contributed by atoms with van der Waals surface area (Å²) in [5.74, 6) is 0. The minimum atomic E-state index is -4.85. The van der Waals surface area contributed by atoms with E-state index in [1.54, 1.807) is 0 Å². The van der Waals surface area contributed by atoms with Crippen molar-refractivity contribution in [1.29, 1.82) is 0 Å². The summed E-state index contributed by atoms with van der Waals surface area (Å²) in [4.78, 5) is 8.09. The van der Waals surface area contributed by atoms with Crippen molar-refractivity contribution in [1.82, 2.24) is 0 Å². The second-order valence-corrected chi connectivity index (χ2v) is 2.87. The van der Waals surface area contributed by atoms with Crippen molar-refractivity contribution in [2.24, 2.45) is 0 Å². The summed E-state index contributed by atoms with van der Waals surface area (Å²) in [6, 6.07) is 0. The third kappa shape index (κ3) is 1.32. The number of phosphoric ester groups is 1. The van der Waals surface area contributed by atoms with Gasteiger partial charge < -0.3 is 4.89 Å². The molecule has 60 valence electrons. The fourth-order valence-corrected chi connectivity index (χ4v) is 1.19. The van der Waals surface area contributed by atoms with E-state index in [1.165, 1.54) is 0 Å². The highest BCUT2D eigenvalue weighted by Gasteiger charge is 2.58. The summed E-state index contributed by atoms with van der Waals surface area (Å²) >= 11 is 0. The van der Waals surface area contributed by atoms with Crippen molar-refractivity contribution < 1.29 is 31.7 Å². The molecule has 1 aliphatic heterocycles. The number of phosphoric acid groups is 1. The van der Waals surface area contributed by atoms with Gasteiger partial charge in [0.2, 0.25) is 0 Å². The predicted octanol–water partition coefficient (Wildman–Crippen LogP) is 1.02. The molecule has 0 aromatic heterocycles. The number of hydrogen-bond donors (Lipinski definition) is 1. The van der Waals surface area contributed by atoms with E-state index in [9.17, 15) is 17.7 Å². The van der Waals surface area contributed by atoms with Crippen molar-refractivity contribution in [2.45, 2.75) is 12.5 Å². The Morgan fingerprint density at radius 1 is 1.60 bits per heavy atom. The van der Waals surface area contributed by atoms with Gasteiger partial charge in [-0.2, -0.15) is 8.78 Å². The van der Waals surface area contributed by atoms with Gasteiger partial charge in [-0.1, -0.05) is 0 Å². The predicted molar refractivity (Wildman–Crippen MR) is 21.8 cm³/mol. The van der Waals surface area contributed by atoms with Gasteiger partial charge >= 0.3 is 13.9 Å². The fraction of sp³-hybridized carbons (Fsp3) is 1.00. The molecular formula is C2H2F3O4P. The molecule has 0 spiro atoms. The molecule has 4 nitrogen and oxygen atoms in total. The van der Waals surface area contributed by atoms with E-state index in [4.69, 9.17) is 4.89 Å². The highest BCUT2D eigenvalue weighted by Crippen LogP contribution is 2.58. The lowest BCUT2D eigenvalue weighted by Crippen LogP contribution is -2.25. The normalized spacial score (nSPS) is 45.8. The Kier molecular flexibility index (Phi) is 1.56. The molecule has 0 amide bonds. The van der Waals surface area contributed by atoms with Crippen LogP contribution in [0.3, 0.4) is 0 Å². The monoisotopic (exact) mass is 178 g/mol. The van der Waals surface area contributed by atoms with Crippen LogP contribution in [0.15, 0.2) is 0 Å². The summed E-state index contributed by atoms with van der Waals surface area (Å²) in [5.41, 5.74) is 0. The summed E-state index contributed by atoms with van der Waals surface area (Å²) in [7, 11) is -4.85. The summed E-state index contributed by atoms with van der Waals surface area (Å²) in [6.45, 7) is 0. The van der Waals surface area contributed by atoms with Crippen LogP contribution in [0.1, 0.15) is 0 Å². The molecule has 2 atom stereocenters. The van der Waals surface area contributed by atoms with Crippen molar-refractivity contribution in [3.8, 4) is 0 Å². The number of halogens is 3. The first-order valence-electron chi connectivity index (χ1n) is 2.07. The fourth-order valence-electron chi connectivity index (χ4n) is 0.395. The van der Waals surface area contributed by atoms with Crippen LogP contribution in [0.4, 0.5) is 13.2 Å². The van der Waals surface area contributed by atoms with Crippen LogP contribution in [-0.2, 0) is 13.6 Å². The van der Waals surface area contributed by atoms with Crippen LogP contribution in [0.2, 0.25) is 0 Å². The first kappa shape index (κ1) is 8.00. The zero-order valence-electron chi connectivity index (χ0n) is 4.33. The van der Waals surface area contributed by atoms with Gasteiger partial charge in [0.15, 0.2) is 0 Å². The van der Waals surface area contributed by atoms with Crippen LogP contribution < -0.4 is 0 Å². The Balaban J connectivity index is 2.81. The highest BCUT2D eigenvalue weighted by atomic mass is 31.2. The van der Waals surface area contributed by atoms with Crippen molar-refractivity contribution in [3.05, 3.63) is 0 Å². The topological polar surface area (TPSA) is 55.8 Å². The number of hydrogen-bond acceptors (Lipinski definition) is 3. The third-order valence-electron chi connectivity index (χ3n) is 0.727. The first-order chi connectivity index (χ1) is 4.33. The van der Waals surface area contributed by atoms with Crippen molar-refractivity contribution >= 4 is 7.82 Å². The molecule has 0 radical (unpaired) electrons. The minimum Gasteiger partial charge on any atom is -0.302 e. The Bertz CT molecular complexity index is 193. The van der Waals surface area contributed by atoms with Crippen LogP contribution in [0, 0.1) is 0 Å². The van der Waals surface area contributed by atoms with Crippen LogP contribution in [-0.4, -0.2) is 17.4 Å². The van der Waals surface area contributed by atoms with Gasteiger partial charge in [-0.05, 0) is 0 Å². The average molecular weight is 178 g/mol. The Hall–Kier alpha value is -0.100. The Morgan fingerprint density at radius 3 is 2.20 bits per heavy atom. The molecule has 1 rings (SSSR count). The molecule has 1 N–H and O–H groups in total. The average Bonchev–Trinajstić information content (AvgIpc) is 1.73. The molecule has 0 bridgehead atoms. The summed E-state index contributed by atoms with van der Waals surface area (Å²) in [6.07, 6.45) is -7.48. The molecular weight excluding hydrogens is 176 g/mol. The van der Waals surface area contributed by atoms with E-state index in [2.05, 4.69) is 9.05 Å². The highest BCUT2D eigenvalue weighted by molar-refractivity contribution is 7.47. The molecule has 1 aliphatic rings. The molecule has 0 aromatic carbocycles. The van der Waals surface area contributed by atoms with E-state index >= 15 is 0 Å². The van der Waals surface area contributed by atoms with Gasteiger partial charge in [0.25, 0.3) is 6.36 Å². The minimum absolute atomic E-state index is 3.03. The maximum Gasteiger partial charge on any atom is 0.480 e. The molecule has 10 heavy (non-hydrogen) atoms. The molecule has 1 saturated heterocycles. The summed E-state index contributed by atoms with van der Waals surface area (Å²) < 4.78 is 51.6. The SMILES string of the molecule is O=P1(O)OC(F)C(F)(F)O1. The van der Waals surface area contributed by atoms with Gasteiger partial charge in [-0.25, -0.2) is 18.0 Å². The standard InChI is InChI=1S/C2H2F3O4P/c3-1-2(4,5)9-10(6,7)8-1/h1H,(H,6,7). The first-order valence-corrected chi connectivity index (χ1v) is 3.57. The van der Waals surface area contributed by atoms with E-state index < -0.39 is 20.3 Å².